The van der Waals surface area contributed by atoms with Crippen LogP contribution in [0.2, 0.25) is 0 Å². The van der Waals surface area contributed by atoms with Crippen LogP contribution in [0.15, 0.2) is 12.1 Å². The summed E-state index contributed by atoms with van der Waals surface area (Å²) in [5, 5.41) is 9.25. The molecule has 0 heterocycles. The van der Waals surface area contributed by atoms with Gasteiger partial charge in [0, 0.05) is 11.5 Å². The summed E-state index contributed by atoms with van der Waals surface area (Å²) >= 11 is 0. The maximum Gasteiger partial charge on any atom is 0.307 e. The second-order valence-corrected chi connectivity index (χ2v) is 5.62. The molecule has 2 rings (SSSR count). The molecule has 1 aliphatic carbocycles. The first-order valence-electron chi connectivity index (χ1n) is 6.95. The Labute approximate surface area is 117 Å². The van der Waals surface area contributed by atoms with Crippen LogP contribution < -0.4 is 0 Å². The highest BCUT2D eigenvalue weighted by atomic mass is 19.1. The van der Waals surface area contributed by atoms with E-state index in [1.807, 2.05) is 0 Å². The largest absolute Gasteiger partial charge is 0.481 e. The molecule has 0 bridgehead atoms. The van der Waals surface area contributed by atoms with Crippen molar-refractivity contribution in [2.75, 3.05) is 0 Å². The third-order valence-corrected chi connectivity index (χ3v) is 4.14. The summed E-state index contributed by atoms with van der Waals surface area (Å²) in [7, 11) is 0. The SMILES string of the molecule is Cc1cc(C(=O)[C@@H]2CCCC[C@@H]2C(=O)O)cc(C)c1F. The fourth-order valence-corrected chi connectivity index (χ4v) is 3.04. The van der Waals surface area contributed by atoms with Crippen LogP contribution in [0.1, 0.15) is 47.2 Å². The molecule has 20 heavy (non-hydrogen) atoms. The number of carbonyl (C=O) groups is 2. The number of carboxylic acids is 1. The lowest BCUT2D eigenvalue weighted by Crippen LogP contribution is -2.32. The van der Waals surface area contributed by atoms with E-state index in [4.69, 9.17) is 0 Å². The van der Waals surface area contributed by atoms with Gasteiger partial charge in [0.2, 0.25) is 0 Å². The molecule has 3 nitrogen and oxygen atoms in total. The highest BCUT2D eigenvalue weighted by Crippen LogP contribution is 2.33. The highest BCUT2D eigenvalue weighted by molar-refractivity contribution is 6.00. The van der Waals surface area contributed by atoms with Gasteiger partial charge in [-0.2, -0.15) is 0 Å². The number of aliphatic carboxylic acids is 1. The minimum absolute atomic E-state index is 0.164. The number of aryl methyl sites for hydroxylation is 2. The Morgan fingerprint density at radius 1 is 1.10 bits per heavy atom. The number of carbonyl (C=O) groups excluding carboxylic acids is 1. The molecule has 2 atom stereocenters. The maximum absolute atomic E-state index is 13.6. The summed E-state index contributed by atoms with van der Waals surface area (Å²) in [5.41, 5.74) is 1.28. The van der Waals surface area contributed by atoms with Gasteiger partial charge >= 0.3 is 5.97 Å². The number of Topliss-reactive ketones (excluding diaryl/α,β-unsaturated/α-hetero) is 1. The fraction of sp³-hybridized carbons (Fsp3) is 0.500. The molecule has 0 unspecified atom stereocenters. The molecule has 1 fully saturated rings. The molecule has 4 heteroatoms. The van der Waals surface area contributed by atoms with E-state index >= 15 is 0 Å². The van der Waals surface area contributed by atoms with Gasteiger partial charge in [0.05, 0.1) is 5.92 Å². The molecule has 1 saturated carbocycles. The standard InChI is InChI=1S/C16H19FO3/c1-9-7-11(8-10(2)14(9)17)15(18)12-5-3-4-6-13(12)16(19)20/h7-8,12-13H,3-6H2,1-2H3,(H,19,20)/t12-,13+/m1/s1. The topological polar surface area (TPSA) is 54.4 Å². The highest BCUT2D eigenvalue weighted by Gasteiger charge is 2.36. The van der Waals surface area contributed by atoms with Gasteiger partial charge in [-0.05, 0) is 49.9 Å². The molecule has 0 spiro atoms. The molecule has 0 amide bonds. The molecule has 0 aliphatic heterocycles. The second-order valence-electron chi connectivity index (χ2n) is 5.62. The van der Waals surface area contributed by atoms with Crippen LogP contribution in [0.4, 0.5) is 4.39 Å². The minimum atomic E-state index is -0.904. The Hall–Kier alpha value is -1.71. The lowest BCUT2D eigenvalue weighted by atomic mass is 9.75. The normalized spacial score (nSPS) is 22.6. The Bertz CT molecular complexity index is 528. The summed E-state index contributed by atoms with van der Waals surface area (Å²) in [5.74, 6) is -2.46. The van der Waals surface area contributed by atoms with Crippen molar-refractivity contribution in [3.8, 4) is 0 Å². The fourth-order valence-electron chi connectivity index (χ4n) is 3.04. The average Bonchev–Trinajstić information content (AvgIpc) is 2.43. The monoisotopic (exact) mass is 278 g/mol. The van der Waals surface area contributed by atoms with Crippen LogP contribution >= 0.6 is 0 Å². The lowest BCUT2D eigenvalue weighted by molar-refractivity contribution is -0.144. The van der Waals surface area contributed by atoms with Gasteiger partial charge in [-0.3, -0.25) is 9.59 Å². The van der Waals surface area contributed by atoms with Crippen molar-refractivity contribution in [2.45, 2.75) is 39.5 Å². The van der Waals surface area contributed by atoms with E-state index in [0.29, 0.717) is 29.5 Å². The number of hydrogen-bond donors (Lipinski definition) is 1. The quantitative estimate of drug-likeness (QED) is 0.861. The number of halogens is 1. The predicted molar refractivity (Wildman–Crippen MR) is 73.3 cm³/mol. The smallest absolute Gasteiger partial charge is 0.307 e. The number of carboxylic acid groups (broad SMARTS) is 1. The Morgan fingerprint density at radius 3 is 2.10 bits per heavy atom. The molecule has 1 aromatic carbocycles. The van der Waals surface area contributed by atoms with Crippen molar-refractivity contribution < 1.29 is 19.1 Å². The zero-order valence-electron chi connectivity index (χ0n) is 11.8. The number of ketones is 1. The summed E-state index contributed by atoms with van der Waals surface area (Å²) in [6, 6.07) is 3.05. The van der Waals surface area contributed by atoms with Crippen molar-refractivity contribution in [3.63, 3.8) is 0 Å². The summed E-state index contributed by atoms with van der Waals surface area (Å²) in [6.45, 7) is 3.24. The van der Waals surface area contributed by atoms with Gasteiger partial charge in [-0.25, -0.2) is 4.39 Å². The van der Waals surface area contributed by atoms with Gasteiger partial charge in [0.15, 0.2) is 5.78 Å². The molecule has 0 radical (unpaired) electrons. The first-order valence-corrected chi connectivity index (χ1v) is 6.95. The van der Waals surface area contributed by atoms with E-state index in [2.05, 4.69) is 0 Å². The zero-order valence-corrected chi connectivity index (χ0v) is 11.8. The molecule has 0 aromatic heterocycles. The summed E-state index contributed by atoms with van der Waals surface area (Å²) in [4.78, 5) is 23.8. The van der Waals surface area contributed by atoms with Gasteiger partial charge in [-0.1, -0.05) is 12.8 Å². The first kappa shape index (κ1) is 14.7. The summed E-state index contributed by atoms with van der Waals surface area (Å²) in [6.07, 6.45) is 2.87. The van der Waals surface area contributed by atoms with E-state index in [0.717, 1.165) is 12.8 Å². The van der Waals surface area contributed by atoms with Crippen LogP contribution in [-0.2, 0) is 4.79 Å². The van der Waals surface area contributed by atoms with E-state index in [9.17, 15) is 19.1 Å². The van der Waals surface area contributed by atoms with Crippen LogP contribution in [-0.4, -0.2) is 16.9 Å². The molecule has 0 saturated heterocycles. The van der Waals surface area contributed by atoms with E-state index < -0.39 is 17.8 Å². The van der Waals surface area contributed by atoms with E-state index in [-0.39, 0.29) is 11.6 Å². The third-order valence-electron chi connectivity index (χ3n) is 4.14. The van der Waals surface area contributed by atoms with Crippen LogP contribution in [0.5, 0.6) is 0 Å². The number of hydrogen-bond acceptors (Lipinski definition) is 2. The van der Waals surface area contributed by atoms with Gasteiger partial charge in [0.25, 0.3) is 0 Å². The number of rotatable bonds is 3. The Balaban J connectivity index is 2.32. The van der Waals surface area contributed by atoms with Crippen LogP contribution in [0.3, 0.4) is 0 Å². The molecule has 108 valence electrons. The van der Waals surface area contributed by atoms with Crippen molar-refractivity contribution in [1.82, 2.24) is 0 Å². The zero-order chi connectivity index (χ0) is 14.9. The molecule has 1 N–H and O–H groups in total. The third kappa shape index (κ3) is 2.74. The van der Waals surface area contributed by atoms with E-state index in [1.165, 1.54) is 12.1 Å². The lowest BCUT2D eigenvalue weighted by Gasteiger charge is -2.27. The second kappa shape index (κ2) is 5.73. The minimum Gasteiger partial charge on any atom is -0.481 e. The molecular weight excluding hydrogens is 259 g/mol. The van der Waals surface area contributed by atoms with Crippen molar-refractivity contribution in [2.24, 2.45) is 11.8 Å². The maximum atomic E-state index is 13.6. The van der Waals surface area contributed by atoms with Crippen LogP contribution in [0.25, 0.3) is 0 Å². The van der Waals surface area contributed by atoms with Crippen LogP contribution in [0, 0.1) is 31.5 Å². The molecule has 1 aliphatic rings. The van der Waals surface area contributed by atoms with Crippen molar-refractivity contribution in [1.29, 1.82) is 0 Å². The summed E-state index contributed by atoms with van der Waals surface area (Å²) < 4.78 is 13.6. The van der Waals surface area contributed by atoms with Gasteiger partial charge in [0.1, 0.15) is 5.82 Å². The Morgan fingerprint density at radius 2 is 1.60 bits per heavy atom. The van der Waals surface area contributed by atoms with E-state index in [1.54, 1.807) is 13.8 Å². The molecule has 1 aromatic rings. The van der Waals surface area contributed by atoms with Gasteiger partial charge < -0.3 is 5.11 Å². The van der Waals surface area contributed by atoms with Crippen molar-refractivity contribution >= 4 is 11.8 Å². The number of benzene rings is 1. The van der Waals surface area contributed by atoms with Gasteiger partial charge in [-0.15, -0.1) is 0 Å². The average molecular weight is 278 g/mol. The Kier molecular flexibility index (Phi) is 4.21. The predicted octanol–water partition coefficient (Wildman–Crippen LogP) is 3.52. The molecular formula is C16H19FO3. The van der Waals surface area contributed by atoms with Crippen molar-refractivity contribution in [3.05, 3.63) is 34.6 Å². The first-order chi connectivity index (χ1) is 9.41.